The highest BCUT2D eigenvalue weighted by Crippen LogP contribution is 2.05. The molecule has 0 fully saturated rings. The van der Waals surface area contributed by atoms with Crippen molar-refractivity contribution in [3.8, 4) is 0 Å². The summed E-state index contributed by atoms with van der Waals surface area (Å²) in [7, 11) is 0. The van der Waals surface area contributed by atoms with Gasteiger partial charge in [-0.2, -0.15) is 0 Å². The molecule has 1 heterocycles. The van der Waals surface area contributed by atoms with Crippen molar-refractivity contribution in [3.63, 3.8) is 0 Å². The third kappa shape index (κ3) is 2.12. The maximum absolute atomic E-state index is 2.92. The SMILES string of the molecule is [C]1=CN(Cc2ccccc2)C=CN1. The molecule has 2 nitrogen and oxygen atoms in total. The van der Waals surface area contributed by atoms with Crippen LogP contribution in [0.3, 0.4) is 0 Å². The van der Waals surface area contributed by atoms with E-state index >= 15 is 0 Å². The molecule has 2 rings (SSSR count). The monoisotopic (exact) mass is 171 g/mol. The maximum Gasteiger partial charge on any atom is 0.0799 e. The third-order valence-corrected chi connectivity index (χ3v) is 1.87. The Hall–Kier alpha value is -1.70. The first-order valence-electron chi connectivity index (χ1n) is 4.26. The quantitative estimate of drug-likeness (QED) is 0.730. The van der Waals surface area contributed by atoms with E-state index in [0.29, 0.717) is 0 Å². The van der Waals surface area contributed by atoms with Crippen molar-refractivity contribution in [2.75, 3.05) is 0 Å². The van der Waals surface area contributed by atoms with Crippen LogP contribution in [0.15, 0.2) is 48.9 Å². The maximum atomic E-state index is 2.92. The van der Waals surface area contributed by atoms with Gasteiger partial charge in [0.25, 0.3) is 0 Å². The zero-order chi connectivity index (χ0) is 8.93. The van der Waals surface area contributed by atoms with Gasteiger partial charge in [0.05, 0.1) is 6.20 Å². The number of hydrogen-bond donors (Lipinski definition) is 1. The van der Waals surface area contributed by atoms with E-state index in [0.717, 1.165) is 6.54 Å². The second-order valence-corrected chi connectivity index (χ2v) is 2.89. The molecule has 1 N–H and O–H groups in total. The van der Waals surface area contributed by atoms with Crippen LogP contribution in [0.1, 0.15) is 5.56 Å². The highest BCUT2D eigenvalue weighted by Gasteiger charge is 1.98. The number of nitrogens with one attached hydrogen (secondary N) is 1. The van der Waals surface area contributed by atoms with Crippen LogP contribution in [0.5, 0.6) is 0 Å². The van der Waals surface area contributed by atoms with Crippen LogP contribution in [-0.2, 0) is 6.54 Å². The summed E-state index contributed by atoms with van der Waals surface area (Å²) in [6, 6.07) is 10.4. The second kappa shape index (κ2) is 3.81. The van der Waals surface area contributed by atoms with Crippen LogP contribution in [0.25, 0.3) is 0 Å². The van der Waals surface area contributed by atoms with Gasteiger partial charge < -0.3 is 10.2 Å². The average molecular weight is 171 g/mol. The third-order valence-electron chi connectivity index (χ3n) is 1.87. The van der Waals surface area contributed by atoms with Gasteiger partial charge in [-0.1, -0.05) is 30.3 Å². The van der Waals surface area contributed by atoms with Gasteiger partial charge in [0.15, 0.2) is 0 Å². The smallest absolute Gasteiger partial charge is 0.0799 e. The molecule has 0 aromatic heterocycles. The van der Waals surface area contributed by atoms with E-state index in [9.17, 15) is 0 Å². The summed E-state index contributed by atoms with van der Waals surface area (Å²) in [4.78, 5) is 2.08. The first-order valence-corrected chi connectivity index (χ1v) is 4.26. The summed E-state index contributed by atoms with van der Waals surface area (Å²) in [6.07, 6.45) is 8.67. The van der Waals surface area contributed by atoms with E-state index in [1.165, 1.54) is 5.56 Å². The molecule has 1 aromatic rings. The average Bonchev–Trinajstić information content (AvgIpc) is 2.21. The Morgan fingerprint density at radius 3 is 2.77 bits per heavy atom. The summed E-state index contributed by atoms with van der Waals surface area (Å²) < 4.78 is 0. The van der Waals surface area contributed by atoms with Crippen molar-refractivity contribution in [2.45, 2.75) is 6.54 Å². The molecule has 1 aliphatic rings. The van der Waals surface area contributed by atoms with Crippen molar-refractivity contribution in [2.24, 2.45) is 0 Å². The molecule has 0 amide bonds. The minimum Gasteiger partial charge on any atom is -0.357 e. The van der Waals surface area contributed by atoms with Crippen molar-refractivity contribution in [3.05, 3.63) is 60.7 Å². The van der Waals surface area contributed by atoms with Gasteiger partial charge in [-0.25, -0.2) is 0 Å². The van der Waals surface area contributed by atoms with Gasteiger partial charge >= 0.3 is 0 Å². The van der Waals surface area contributed by atoms with Gasteiger partial charge in [-0.15, -0.1) is 0 Å². The molecule has 65 valence electrons. The first-order chi connectivity index (χ1) is 6.45. The van der Waals surface area contributed by atoms with E-state index in [2.05, 4.69) is 40.7 Å². The molecular weight excluding hydrogens is 160 g/mol. The molecule has 0 saturated heterocycles. The fraction of sp³-hybridized carbons (Fsp3) is 0.0909. The largest absolute Gasteiger partial charge is 0.357 e. The summed E-state index contributed by atoms with van der Waals surface area (Å²) in [5, 5.41) is 2.87. The lowest BCUT2D eigenvalue weighted by Crippen LogP contribution is -2.15. The van der Waals surface area contributed by atoms with E-state index in [1.807, 2.05) is 24.7 Å². The predicted octanol–water partition coefficient (Wildman–Crippen LogP) is 1.84. The molecule has 1 radical (unpaired) electrons. The Morgan fingerprint density at radius 2 is 2.08 bits per heavy atom. The molecule has 1 aromatic carbocycles. The number of rotatable bonds is 2. The van der Waals surface area contributed by atoms with E-state index in [-0.39, 0.29) is 0 Å². The van der Waals surface area contributed by atoms with Gasteiger partial charge in [0.1, 0.15) is 0 Å². The molecule has 0 aliphatic carbocycles. The number of hydrogen-bond acceptors (Lipinski definition) is 2. The lowest BCUT2D eigenvalue weighted by molar-refractivity contribution is 0.485. The minimum atomic E-state index is 0.895. The van der Waals surface area contributed by atoms with Gasteiger partial charge in [0, 0.05) is 25.1 Å². The van der Waals surface area contributed by atoms with Crippen molar-refractivity contribution in [1.82, 2.24) is 10.2 Å². The summed E-state index contributed by atoms with van der Waals surface area (Å²) >= 11 is 0. The van der Waals surface area contributed by atoms with Crippen LogP contribution < -0.4 is 5.32 Å². The first kappa shape index (κ1) is 7.92. The molecule has 1 aliphatic heterocycles. The lowest BCUT2D eigenvalue weighted by Gasteiger charge is -2.17. The molecule has 2 heteroatoms. The Labute approximate surface area is 78.2 Å². The van der Waals surface area contributed by atoms with Crippen LogP contribution in [-0.4, -0.2) is 4.90 Å². The zero-order valence-electron chi connectivity index (χ0n) is 7.27. The van der Waals surface area contributed by atoms with Crippen LogP contribution >= 0.6 is 0 Å². The lowest BCUT2D eigenvalue weighted by atomic mass is 10.2. The molecule has 0 bridgehead atoms. The van der Waals surface area contributed by atoms with Crippen LogP contribution in [0, 0.1) is 6.20 Å². The Bertz CT molecular complexity index is 302. The zero-order valence-corrected chi connectivity index (χ0v) is 7.27. The summed E-state index contributed by atoms with van der Waals surface area (Å²) in [5.74, 6) is 0. The molecular formula is C11H11N2. The molecule has 0 spiro atoms. The summed E-state index contributed by atoms with van der Waals surface area (Å²) in [6.45, 7) is 0.895. The molecule has 0 atom stereocenters. The topological polar surface area (TPSA) is 15.3 Å². The normalized spacial score (nSPS) is 14.3. The second-order valence-electron chi connectivity index (χ2n) is 2.89. The molecule has 0 saturated carbocycles. The molecule has 13 heavy (non-hydrogen) atoms. The highest BCUT2D eigenvalue weighted by molar-refractivity contribution is 5.15. The van der Waals surface area contributed by atoms with E-state index in [4.69, 9.17) is 0 Å². The highest BCUT2D eigenvalue weighted by atomic mass is 15.1. The number of benzene rings is 1. The number of nitrogens with zero attached hydrogens (tertiary/aromatic N) is 1. The van der Waals surface area contributed by atoms with Crippen molar-refractivity contribution in [1.29, 1.82) is 0 Å². The van der Waals surface area contributed by atoms with Crippen molar-refractivity contribution < 1.29 is 0 Å². The Morgan fingerprint density at radius 1 is 1.23 bits per heavy atom. The Kier molecular flexibility index (Phi) is 2.32. The van der Waals surface area contributed by atoms with E-state index < -0.39 is 0 Å². The Balaban J connectivity index is 2.02. The fourth-order valence-electron chi connectivity index (χ4n) is 1.24. The van der Waals surface area contributed by atoms with Crippen molar-refractivity contribution >= 4 is 0 Å². The van der Waals surface area contributed by atoms with Gasteiger partial charge in [-0.3, -0.25) is 0 Å². The molecule has 0 unspecified atom stereocenters. The van der Waals surface area contributed by atoms with Gasteiger partial charge in [0.2, 0.25) is 0 Å². The predicted molar refractivity (Wildman–Crippen MR) is 52.1 cm³/mol. The van der Waals surface area contributed by atoms with E-state index in [1.54, 1.807) is 0 Å². The fourth-order valence-corrected chi connectivity index (χ4v) is 1.24. The standard InChI is InChI=1S/C11H11N2/c1-2-4-11(5-3-1)10-13-8-6-12-7-9-13/h1-6,8-9,12H,10H2. The van der Waals surface area contributed by atoms with Crippen LogP contribution in [0.2, 0.25) is 0 Å². The van der Waals surface area contributed by atoms with Gasteiger partial charge in [-0.05, 0) is 5.56 Å². The van der Waals surface area contributed by atoms with Crippen LogP contribution in [0.4, 0.5) is 0 Å². The summed E-state index contributed by atoms with van der Waals surface area (Å²) in [5.41, 5.74) is 1.30. The minimum absolute atomic E-state index is 0.895.